The summed E-state index contributed by atoms with van der Waals surface area (Å²) in [6.45, 7) is 1.79. The molecule has 0 aliphatic heterocycles. The SMILES string of the molecule is CC1=C(OCc2ccccc2)C(=O)C(=O)C=C1c1ccccc1C(=O)O. The van der Waals surface area contributed by atoms with E-state index in [0.717, 1.165) is 5.56 Å². The standard InChI is InChI=1S/C21H16O5/c1-13-17(15-9-5-6-10-16(15)21(24)25)11-18(22)19(23)20(13)26-12-14-7-3-2-4-8-14/h2-11H,12H2,1H3,(H,24,25). The molecule has 1 aliphatic carbocycles. The molecular formula is C21H16O5. The van der Waals surface area contributed by atoms with Crippen LogP contribution in [-0.4, -0.2) is 22.6 Å². The Morgan fingerprint density at radius 3 is 2.35 bits per heavy atom. The molecule has 1 N–H and O–H groups in total. The van der Waals surface area contributed by atoms with E-state index in [4.69, 9.17) is 4.74 Å². The minimum Gasteiger partial charge on any atom is -0.484 e. The van der Waals surface area contributed by atoms with E-state index in [2.05, 4.69) is 0 Å². The number of aromatic carboxylic acids is 1. The highest BCUT2D eigenvalue weighted by Crippen LogP contribution is 2.32. The quantitative estimate of drug-likeness (QED) is 0.661. The maximum atomic E-state index is 12.3. The predicted octanol–water partition coefficient (Wildman–Crippen LogP) is 3.41. The van der Waals surface area contributed by atoms with E-state index in [0.29, 0.717) is 16.7 Å². The summed E-state index contributed by atoms with van der Waals surface area (Å²) in [7, 11) is 0. The average molecular weight is 348 g/mol. The second kappa shape index (κ2) is 7.19. The van der Waals surface area contributed by atoms with Gasteiger partial charge in [0.15, 0.2) is 5.76 Å². The number of carbonyl (C=O) groups is 3. The summed E-state index contributed by atoms with van der Waals surface area (Å²) in [6, 6.07) is 15.6. The van der Waals surface area contributed by atoms with Crippen molar-refractivity contribution in [2.24, 2.45) is 0 Å². The van der Waals surface area contributed by atoms with Crippen LogP contribution in [0.3, 0.4) is 0 Å². The Morgan fingerprint density at radius 1 is 1.00 bits per heavy atom. The molecule has 0 saturated heterocycles. The molecule has 0 saturated carbocycles. The number of allylic oxidation sites excluding steroid dienone is 4. The topological polar surface area (TPSA) is 80.7 Å². The van der Waals surface area contributed by atoms with Gasteiger partial charge in [-0.1, -0.05) is 48.5 Å². The maximum Gasteiger partial charge on any atom is 0.336 e. The van der Waals surface area contributed by atoms with Gasteiger partial charge in [-0.25, -0.2) is 4.79 Å². The van der Waals surface area contributed by atoms with E-state index < -0.39 is 17.5 Å². The minimum absolute atomic E-state index is 0.0449. The first kappa shape index (κ1) is 17.4. The summed E-state index contributed by atoms with van der Waals surface area (Å²) in [5.41, 5.74) is 2.12. The van der Waals surface area contributed by atoms with Crippen molar-refractivity contribution in [3.05, 3.63) is 88.7 Å². The van der Waals surface area contributed by atoms with E-state index in [1.807, 2.05) is 30.3 Å². The second-order valence-corrected chi connectivity index (χ2v) is 5.83. The Hall–Kier alpha value is -3.47. The molecular weight excluding hydrogens is 332 g/mol. The zero-order valence-corrected chi connectivity index (χ0v) is 14.1. The normalized spacial score (nSPS) is 14.3. The molecule has 5 nitrogen and oxygen atoms in total. The van der Waals surface area contributed by atoms with Crippen molar-refractivity contribution in [3.8, 4) is 0 Å². The first-order chi connectivity index (χ1) is 12.5. The summed E-state index contributed by atoms with van der Waals surface area (Å²) in [5, 5.41) is 9.39. The fraction of sp³-hybridized carbons (Fsp3) is 0.0952. The molecule has 0 bridgehead atoms. The molecule has 1 aliphatic rings. The Kier molecular flexibility index (Phi) is 4.80. The van der Waals surface area contributed by atoms with Crippen LogP contribution in [0.2, 0.25) is 0 Å². The van der Waals surface area contributed by atoms with Crippen molar-refractivity contribution in [2.45, 2.75) is 13.5 Å². The van der Waals surface area contributed by atoms with Gasteiger partial charge in [-0.3, -0.25) is 9.59 Å². The van der Waals surface area contributed by atoms with Gasteiger partial charge >= 0.3 is 5.97 Å². The van der Waals surface area contributed by atoms with Crippen molar-refractivity contribution < 1.29 is 24.2 Å². The highest BCUT2D eigenvalue weighted by molar-refractivity contribution is 6.49. The van der Waals surface area contributed by atoms with Gasteiger partial charge in [-0.2, -0.15) is 0 Å². The van der Waals surface area contributed by atoms with Crippen molar-refractivity contribution in [1.82, 2.24) is 0 Å². The molecule has 0 radical (unpaired) electrons. The number of hydrogen-bond donors (Lipinski definition) is 1. The lowest BCUT2D eigenvalue weighted by atomic mass is 9.88. The van der Waals surface area contributed by atoms with Crippen LogP contribution in [0.4, 0.5) is 0 Å². The summed E-state index contributed by atoms with van der Waals surface area (Å²) in [6.07, 6.45) is 1.18. The summed E-state index contributed by atoms with van der Waals surface area (Å²) >= 11 is 0. The zero-order chi connectivity index (χ0) is 18.7. The number of ketones is 2. The molecule has 0 amide bonds. The van der Waals surface area contributed by atoms with E-state index >= 15 is 0 Å². The number of carboxylic acids is 1. The van der Waals surface area contributed by atoms with Gasteiger partial charge in [0, 0.05) is 5.57 Å². The predicted molar refractivity (Wildman–Crippen MR) is 95.3 cm³/mol. The van der Waals surface area contributed by atoms with Crippen molar-refractivity contribution in [1.29, 1.82) is 0 Å². The van der Waals surface area contributed by atoms with Crippen LogP contribution < -0.4 is 0 Å². The summed E-state index contributed by atoms with van der Waals surface area (Å²) in [4.78, 5) is 35.9. The van der Waals surface area contributed by atoms with Crippen molar-refractivity contribution in [2.75, 3.05) is 0 Å². The molecule has 0 heterocycles. The molecule has 26 heavy (non-hydrogen) atoms. The highest BCUT2D eigenvalue weighted by atomic mass is 16.5. The van der Waals surface area contributed by atoms with E-state index in [1.54, 1.807) is 25.1 Å². The zero-order valence-electron chi connectivity index (χ0n) is 14.1. The molecule has 0 aromatic heterocycles. The fourth-order valence-corrected chi connectivity index (χ4v) is 2.80. The monoisotopic (exact) mass is 348 g/mol. The van der Waals surface area contributed by atoms with E-state index in [1.165, 1.54) is 12.1 Å². The smallest absolute Gasteiger partial charge is 0.336 e. The molecule has 5 heteroatoms. The molecule has 0 spiro atoms. The molecule has 0 atom stereocenters. The Balaban J connectivity index is 2.00. The number of ether oxygens (including phenoxy) is 1. The Bertz CT molecular complexity index is 951. The van der Waals surface area contributed by atoms with Crippen LogP contribution in [0.1, 0.15) is 28.4 Å². The van der Waals surface area contributed by atoms with Gasteiger partial charge in [-0.05, 0) is 35.8 Å². The third-order valence-corrected chi connectivity index (χ3v) is 4.12. The number of carboxylic acid groups (broad SMARTS) is 1. The number of rotatable bonds is 5. The van der Waals surface area contributed by atoms with E-state index in [9.17, 15) is 19.5 Å². The summed E-state index contributed by atoms with van der Waals surface area (Å²) < 4.78 is 5.64. The first-order valence-electron chi connectivity index (χ1n) is 8.00. The first-order valence-corrected chi connectivity index (χ1v) is 8.00. The van der Waals surface area contributed by atoms with Gasteiger partial charge in [0.2, 0.25) is 5.78 Å². The van der Waals surface area contributed by atoms with Crippen LogP contribution in [0.5, 0.6) is 0 Å². The van der Waals surface area contributed by atoms with Crippen molar-refractivity contribution in [3.63, 3.8) is 0 Å². The van der Waals surface area contributed by atoms with Gasteiger partial charge in [-0.15, -0.1) is 0 Å². The molecule has 2 aromatic rings. The van der Waals surface area contributed by atoms with Gasteiger partial charge in [0.25, 0.3) is 5.78 Å². The van der Waals surface area contributed by atoms with Crippen LogP contribution >= 0.6 is 0 Å². The van der Waals surface area contributed by atoms with Gasteiger partial charge in [0.1, 0.15) is 6.61 Å². The van der Waals surface area contributed by atoms with Crippen LogP contribution in [0, 0.1) is 0 Å². The maximum absolute atomic E-state index is 12.3. The lowest BCUT2D eigenvalue weighted by molar-refractivity contribution is -0.133. The lowest BCUT2D eigenvalue weighted by Crippen LogP contribution is -2.22. The van der Waals surface area contributed by atoms with E-state index in [-0.39, 0.29) is 17.9 Å². The number of hydrogen-bond acceptors (Lipinski definition) is 4. The average Bonchev–Trinajstić information content (AvgIpc) is 2.65. The van der Waals surface area contributed by atoms with Crippen LogP contribution in [-0.2, 0) is 20.9 Å². The van der Waals surface area contributed by atoms with Crippen LogP contribution in [0.15, 0.2) is 72.0 Å². The molecule has 3 rings (SSSR count). The third kappa shape index (κ3) is 3.32. The minimum atomic E-state index is -1.11. The van der Waals surface area contributed by atoms with Gasteiger partial charge < -0.3 is 9.84 Å². The molecule has 0 unspecified atom stereocenters. The Morgan fingerprint density at radius 2 is 1.65 bits per heavy atom. The molecule has 0 fully saturated rings. The Labute approximate surface area is 150 Å². The summed E-state index contributed by atoms with van der Waals surface area (Å²) in [5.74, 6) is -2.61. The fourth-order valence-electron chi connectivity index (χ4n) is 2.80. The number of benzene rings is 2. The number of carbonyl (C=O) groups excluding carboxylic acids is 2. The van der Waals surface area contributed by atoms with Crippen molar-refractivity contribution >= 4 is 23.1 Å². The lowest BCUT2D eigenvalue weighted by Gasteiger charge is -2.19. The molecule has 130 valence electrons. The largest absolute Gasteiger partial charge is 0.484 e. The third-order valence-electron chi connectivity index (χ3n) is 4.12. The second-order valence-electron chi connectivity index (χ2n) is 5.83. The number of Topliss-reactive ketones (excluding diaryl/α,β-unsaturated/α-hetero) is 1. The highest BCUT2D eigenvalue weighted by Gasteiger charge is 2.30. The van der Waals surface area contributed by atoms with Crippen LogP contribution in [0.25, 0.3) is 5.57 Å². The molecule has 2 aromatic carbocycles. The van der Waals surface area contributed by atoms with Gasteiger partial charge in [0.05, 0.1) is 5.56 Å².